The second kappa shape index (κ2) is 6.34. The number of aliphatic hydroxyl groups excluding tert-OH is 1. The largest absolute Gasteiger partial charge is 0.493 e. The Labute approximate surface area is 112 Å². The van der Waals surface area contributed by atoms with Crippen LogP contribution in [-0.4, -0.2) is 11.7 Å². The van der Waals surface area contributed by atoms with Crippen LogP contribution < -0.4 is 4.74 Å². The minimum atomic E-state index is -0.635. The van der Waals surface area contributed by atoms with Crippen molar-refractivity contribution in [1.29, 1.82) is 0 Å². The van der Waals surface area contributed by atoms with Gasteiger partial charge in [0.1, 0.15) is 11.6 Å². The molecule has 3 heteroatoms. The average Bonchev–Trinajstić information content (AvgIpc) is 2.39. The van der Waals surface area contributed by atoms with E-state index in [1.54, 1.807) is 13.0 Å². The van der Waals surface area contributed by atoms with Crippen LogP contribution in [0.15, 0.2) is 48.5 Å². The topological polar surface area (TPSA) is 29.5 Å². The molecule has 100 valence electrons. The zero-order chi connectivity index (χ0) is 13.7. The molecule has 2 aromatic rings. The molecule has 0 bridgehead atoms. The van der Waals surface area contributed by atoms with Crippen LogP contribution >= 0.6 is 0 Å². The summed E-state index contributed by atoms with van der Waals surface area (Å²) in [5, 5.41) is 10.1. The van der Waals surface area contributed by atoms with E-state index in [-0.39, 0.29) is 5.82 Å². The molecule has 0 saturated heterocycles. The highest BCUT2D eigenvalue weighted by molar-refractivity contribution is 5.28. The summed E-state index contributed by atoms with van der Waals surface area (Å²) in [6, 6.07) is 13.9. The second-order valence-electron chi connectivity index (χ2n) is 4.47. The van der Waals surface area contributed by atoms with Crippen molar-refractivity contribution in [1.82, 2.24) is 0 Å². The number of para-hydroxylation sites is 1. The Morgan fingerprint density at radius 1 is 1.16 bits per heavy atom. The first kappa shape index (κ1) is 13.6. The highest BCUT2D eigenvalue weighted by Crippen LogP contribution is 2.21. The molecule has 2 rings (SSSR count). The predicted molar refractivity (Wildman–Crippen MR) is 72.7 cm³/mol. The normalized spacial score (nSPS) is 12.2. The van der Waals surface area contributed by atoms with Crippen LogP contribution in [0.1, 0.15) is 23.7 Å². The van der Waals surface area contributed by atoms with Gasteiger partial charge in [-0.25, -0.2) is 4.39 Å². The fourth-order valence-electron chi connectivity index (χ4n) is 1.97. The van der Waals surface area contributed by atoms with E-state index >= 15 is 0 Å². The molecular formula is C16H17FO2. The first-order valence-electron chi connectivity index (χ1n) is 6.29. The van der Waals surface area contributed by atoms with Crippen molar-refractivity contribution < 1.29 is 14.2 Å². The van der Waals surface area contributed by atoms with Gasteiger partial charge in [-0.05, 0) is 42.3 Å². The molecule has 19 heavy (non-hydrogen) atoms. The van der Waals surface area contributed by atoms with E-state index in [1.165, 1.54) is 12.1 Å². The summed E-state index contributed by atoms with van der Waals surface area (Å²) in [5.74, 6) is 0.500. The molecule has 0 aliphatic heterocycles. The Hall–Kier alpha value is -1.87. The van der Waals surface area contributed by atoms with Crippen LogP contribution in [-0.2, 0) is 0 Å². The van der Waals surface area contributed by atoms with E-state index in [1.807, 2.05) is 30.3 Å². The summed E-state index contributed by atoms with van der Waals surface area (Å²) in [7, 11) is 0. The molecule has 0 radical (unpaired) electrons. The predicted octanol–water partition coefficient (Wildman–Crippen LogP) is 3.64. The number of aryl methyl sites for hydroxylation is 1. The molecule has 0 aliphatic rings. The molecule has 1 unspecified atom stereocenters. The van der Waals surface area contributed by atoms with Crippen LogP contribution in [0.25, 0.3) is 0 Å². The molecule has 2 nitrogen and oxygen atoms in total. The van der Waals surface area contributed by atoms with Gasteiger partial charge in [-0.2, -0.15) is 0 Å². The Bertz CT molecular complexity index is 526. The van der Waals surface area contributed by atoms with Crippen molar-refractivity contribution in [3.63, 3.8) is 0 Å². The molecule has 0 saturated carbocycles. The number of rotatable bonds is 5. The maximum absolute atomic E-state index is 13.0. The average molecular weight is 260 g/mol. The highest BCUT2D eigenvalue weighted by Gasteiger charge is 2.11. The van der Waals surface area contributed by atoms with Crippen molar-refractivity contribution in [3.05, 3.63) is 65.5 Å². The Kier molecular flexibility index (Phi) is 4.53. The summed E-state index contributed by atoms with van der Waals surface area (Å²) in [4.78, 5) is 0. The van der Waals surface area contributed by atoms with E-state index in [2.05, 4.69) is 0 Å². The van der Waals surface area contributed by atoms with Gasteiger partial charge in [0.05, 0.1) is 12.7 Å². The third-order valence-electron chi connectivity index (χ3n) is 2.99. The third kappa shape index (κ3) is 3.80. The van der Waals surface area contributed by atoms with Crippen LogP contribution in [0.4, 0.5) is 4.39 Å². The lowest BCUT2D eigenvalue weighted by Crippen LogP contribution is -2.06. The second-order valence-corrected chi connectivity index (χ2v) is 4.47. The number of hydrogen-bond acceptors (Lipinski definition) is 2. The number of halogens is 1. The van der Waals surface area contributed by atoms with Gasteiger partial charge in [0.25, 0.3) is 0 Å². The maximum atomic E-state index is 13.0. The molecular weight excluding hydrogens is 243 g/mol. The third-order valence-corrected chi connectivity index (χ3v) is 2.99. The molecule has 0 spiro atoms. The number of ether oxygens (including phenoxy) is 1. The Balaban J connectivity index is 1.89. The molecule has 0 aromatic heterocycles. The van der Waals surface area contributed by atoms with Crippen LogP contribution in [0.2, 0.25) is 0 Å². The Morgan fingerprint density at radius 3 is 2.58 bits per heavy atom. The SMILES string of the molecule is Cc1cc(F)ccc1C(O)CCOc1ccccc1. The van der Waals surface area contributed by atoms with Crippen LogP contribution in [0.5, 0.6) is 5.75 Å². The lowest BCUT2D eigenvalue weighted by atomic mass is 10.0. The molecule has 0 amide bonds. The van der Waals surface area contributed by atoms with Crippen LogP contribution in [0.3, 0.4) is 0 Å². The molecule has 0 fully saturated rings. The minimum absolute atomic E-state index is 0.283. The van der Waals surface area contributed by atoms with Gasteiger partial charge < -0.3 is 9.84 Å². The van der Waals surface area contributed by atoms with Gasteiger partial charge in [-0.3, -0.25) is 0 Å². The van der Waals surface area contributed by atoms with Crippen molar-refractivity contribution in [2.45, 2.75) is 19.4 Å². The maximum Gasteiger partial charge on any atom is 0.123 e. The molecule has 1 atom stereocenters. The van der Waals surface area contributed by atoms with Crippen LogP contribution in [0, 0.1) is 12.7 Å². The van der Waals surface area contributed by atoms with Crippen molar-refractivity contribution in [2.75, 3.05) is 6.61 Å². The molecule has 2 aromatic carbocycles. The summed E-state index contributed by atoms with van der Waals surface area (Å²) in [6.45, 7) is 2.21. The van der Waals surface area contributed by atoms with Gasteiger partial charge in [0, 0.05) is 6.42 Å². The minimum Gasteiger partial charge on any atom is -0.493 e. The first-order chi connectivity index (χ1) is 9.16. The highest BCUT2D eigenvalue weighted by atomic mass is 19.1. The summed E-state index contributed by atoms with van der Waals surface area (Å²) < 4.78 is 18.5. The number of aliphatic hydroxyl groups is 1. The van der Waals surface area contributed by atoms with E-state index in [9.17, 15) is 9.50 Å². The molecule has 0 heterocycles. The molecule has 1 N–H and O–H groups in total. The van der Waals surface area contributed by atoms with Gasteiger partial charge in [0.15, 0.2) is 0 Å². The van der Waals surface area contributed by atoms with E-state index in [4.69, 9.17) is 4.74 Å². The molecule has 0 aliphatic carbocycles. The van der Waals surface area contributed by atoms with Gasteiger partial charge in [-0.15, -0.1) is 0 Å². The first-order valence-corrected chi connectivity index (χ1v) is 6.29. The zero-order valence-corrected chi connectivity index (χ0v) is 10.8. The quantitative estimate of drug-likeness (QED) is 0.889. The van der Waals surface area contributed by atoms with Crippen molar-refractivity contribution >= 4 is 0 Å². The lowest BCUT2D eigenvalue weighted by molar-refractivity contribution is 0.140. The summed E-state index contributed by atoms with van der Waals surface area (Å²) in [6.07, 6.45) is -0.161. The van der Waals surface area contributed by atoms with E-state index < -0.39 is 6.10 Å². The van der Waals surface area contributed by atoms with Crippen molar-refractivity contribution in [3.8, 4) is 5.75 Å². The van der Waals surface area contributed by atoms with Crippen molar-refractivity contribution in [2.24, 2.45) is 0 Å². The number of benzene rings is 2. The van der Waals surface area contributed by atoms with Gasteiger partial charge in [0.2, 0.25) is 0 Å². The monoisotopic (exact) mass is 260 g/mol. The lowest BCUT2D eigenvalue weighted by Gasteiger charge is -2.14. The number of hydrogen-bond donors (Lipinski definition) is 1. The smallest absolute Gasteiger partial charge is 0.123 e. The fourth-order valence-corrected chi connectivity index (χ4v) is 1.97. The summed E-state index contributed by atoms with van der Waals surface area (Å²) >= 11 is 0. The van der Waals surface area contributed by atoms with E-state index in [0.29, 0.717) is 13.0 Å². The van der Waals surface area contributed by atoms with Gasteiger partial charge in [-0.1, -0.05) is 24.3 Å². The van der Waals surface area contributed by atoms with E-state index in [0.717, 1.165) is 16.9 Å². The van der Waals surface area contributed by atoms with Gasteiger partial charge >= 0.3 is 0 Å². The summed E-state index contributed by atoms with van der Waals surface area (Å²) in [5.41, 5.74) is 1.50. The fraction of sp³-hybridized carbons (Fsp3) is 0.250. The standard InChI is InChI=1S/C16H17FO2/c1-12-11-13(17)7-8-15(12)16(18)9-10-19-14-5-3-2-4-6-14/h2-8,11,16,18H,9-10H2,1H3. The Morgan fingerprint density at radius 2 is 1.89 bits per heavy atom. The zero-order valence-electron chi connectivity index (χ0n) is 10.8.